The molecule has 3 nitrogen and oxygen atoms in total. The lowest BCUT2D eigenvalue weighted by molar-refractivity contribution is 0.0854. The zero-order valence-electron chi connectivity index (χ0n) is 8.42. The summed E-state index contributed by atoms with van der Waals surface area (Å²) in [6, 6.07) is 7.37. The Bertz CT molecular complexity index is 522. The van der Waals surface area contributed by atoms with Crippen molar-refractivity contribution in [2.24, 2.45) is 0 Å². The van der Waals surface area contributed by atoms with Crippen LogP contribution in [0.25, 0.3) is 0 Å². The number of thiazole rings is 1. The quantitative estimate of drug-likeness (QED) is 0.757. The van der Waals surface area contributed by atoms with Gasteiger partial charge >= 0.3 is 0 Å². The monoisotopic (exact) mass is 231 g/mol. The van der Waals surface area contributed by atoms with Crippen molar-refractivity contribution in [2.75, 3.05) is 0 Å². The van der Waals surface area contributed by atoms with E-state index in [1.54, 1.807) is 17.8 Å². The van der Waals surface area contributed by atoms with E-state index in [4.69, 9.17) is 4.74 Å². The van der Waals surface area contributed by atoms with Crippen LogP contribution in [0.1, 0.15) is 27.8 Å². The summed E-state index contributed by atoms with van der Waals surface area (Å²) >= 11 is 1.52. The number of rotatable bonds is 1. The van der Waals surface area contributed by atoms with E-state index in [1.807, 2.05) is 18.2 Å². The van der Waals surface area contributed by atoms with Crippen molar-refractivity contribution < 1.29 is 9.53 Å². The van der Waals surface area contributed by atoms with Crippen LogP contribution in [0.2, 0.25) is 0 Å². The second kappa shape index (κ2) is 3.72. The van der Waals surface area contributed by atoms with Gasteiger partial charge < -0.3 is 4.74 Å². The normalized spacial score (nSPS) is 19.0. The van der Waals surface area contributed by atoms with Crippen LogP contribution in [0.15, 0.2) is 36.0 Å². The van der Waals surface area contributed by atoms with Gasteiger partial charge in [-0.2, -0.15) is 0 Å². The molecule has 0 amide bonds. The van der Waals surface area contributed by atoms with Crippen molar-refractivity contribution in [3.05, 3.63) is 46.4 Å². The van der Waals surface area contributed by atoms with E-state index < -0.39 is 0 Å². The predicted molar refractivity (Wildman–Crippen MR) is 60.9 cm³/mol. The molecule has 0 spiro atoms. The Morgan fingerprint density at radius 1 is 1.38 bits per heavy atom. The largest absolute Gasteiger partial charge is 0.484 e. The van der Waals surface area contributed by atoms with Gasteiger partial charge in [-0.1, -0.05) is 12.1 Å². The number of carbonyl (C=O) groups is 1. The first-order chi connectivity index (χ1) is 7.84. The number of hydrogen-bond acceptors (Lipinski definition) is 4. The summed E-state index contributed by atoms with van der Waals surface area (Å²) in [6.45, 7) is 0. The van der Waals surface area contributed by atoms with Crippen molar-refractivity contribution in [1.29, 1.82) is 0 Å². The maximum Gasteiger partial charge on any atom is 0.170 e. The van der Waals surface area contributed by atoms with Crippen LogP contribution in [0.5, 0.6) is 5.75 Å². The summed E-state index contributed by atoms with van der Waals surface area (Å²) in [4.78, 5) is 16.9. The smallest absolute Gasteiger partial charge is 0.170 e. The van der Waals surface area contributed by atoms with Gasteiger partial charge in [0.05, 0.1) is 22.4 Å². The fourth-order valence-electron chi connectivity index (χ4n) is 1.82. The number of para-hydroxylation sites is 1. The highest BCUT2D eigenvalue weighted by atomic mass is 32.1. The van der Waals surface area contributed by atoms with Crippen LogP contribution in [0.4, 0.5) is 0 Å². The third-order valence-electron chi connectivity index (χ3n) is 2.60. The standard InChI is InChI=1S/C12H9NO2S/c14-9-5-11(12-6-13-7-16-12)15-10-4-2-1-3-8(9)10/h1-4,6-7,11H,5H2. The molecule has 0 saturated carbocycles. The molecule has 4 heteroatoms. The molecule has 2 aromatic rings. The van der Waals surface area contributed by atoms with E-state index in [1.165, 1.54) is 11.3 Å². The first kappa shape index (κ1) is 9.54. The Morgan fingerprint density at radius 3 is 3.06 bits per heavy atom. The minimum absolute atomic E-state index is 0.139. The average molecular weight is 231 g/mol. The number of hydrogen-bond donors (Lipinski definition) is 0. The van der Waals surface area contributed by atoms with E-state index in [2.05, 4.69) is 4.98 Å². The number of fused-ring (bicyclic) bond motifs is 1. The molecule has 0 N–H and O–H groups in total. The third-order valence-corrected chi connectivity index (χ3v) is 3.46. The number of benzene rings is 1. The minimum atomic E-state index is -0.171. The first-order valence-corrected chi connectivity index (χ1v) is 5.90. The fraction of sp³-hybridized carbons (Fsp3) is 0.167. The molecule has 0 radical (unpaired) electrons. The van der Waals surface area contributed by atoms with Crippen molar-refractivity contribution in [2.45, 2.75) is 12.5 Å². The maximum atomic E-state index is 11.9. The number of ketones is 1. The summed E-state index contributed by atoms with van der Waals surface area (Å²) in [7, 11) is 0. The molecule has 16 heavy (non-hydrogen) atoms. The number of Topliss-reactive ketones (excluding diaryl/α,β-unsaturated/α-hetero) is 1. The molecule has 0 bridgehead atoms. The number of nitrogens with zero attached hydrogens (tertiary/aromatic N) is 1. The van der Waals surface area contributed by atoms with Gasteiger partial charge in [0, 0.05) is 6.20 Å². The van der Waals surface area contributed by atoms with Crippen molar-refractivity contribution in [3.63, 3.8) is 0 Å². The van der Waals surface area contributed by atoms with Crippen LogP contribution in [0.3, 0.4) is 0 Å². The predicted octanol–water partition coefficient (Wildman–Crippen LogP) is 2.85. The molecular weight excluding hydrogens is 222 g/mol. The van der Waals surface area contributed by atoms with Crippen LogP contribution in [0, 0.1) is 0 Å². The Labute approximate surface area is 96.7 Å². The average Bonchev–Trinajstić information content (AvgIpc) is 2.82. The lowest BCUT2D eigenvalue weighted by atomic mass is 10.0. The molecule has 0 fully saturated rings. The molecule has 0 saturated heterocycles. The van der Waals surface area contributed by atoms with E-state index in [-0.39, 0.29) is 11.9 Å². The highest BCUT2D eigenvalue weighted by Gasteiger charge is 2.27. The first-order valence-electron chi connectivity index (χ1n) is 5.02. The molecule has 1 unspecified atom stereocenters. The van der Waals surface area contributed by atoms with Crippen molar-refractivity contribution in [1.82, 2.24) is 4.98 Å². The molecule has 3 rings (SSSR count). The van der Waals surface area contributed by atoms with E-state index in [0.717, 1.165) is 4.88 Å². The fourth-order valence-corrected chi connectivity index (χ4v) is 2.46. The summed E-state index contributed by atoms with van der Waals surface area (Å²) in [5.41, 5.74) is 2.44. The second-order valence-electron chi connectivity index (χ2n) is 3.63. The van der Waals surface area contributed by atoms with E-state index in [9.17, 15) is 4.79 Å². The highest BCUT2D eigenvalue weighted by molar-refractivity contribution is 7.09. The molecule has 1 aromatic carbocycles. The summed E-state index contributed by atoms with van der Waals surface area (Å²) in [5.74, 6) is 0.817. The zero-order valence-corrected chi connectivity index (χ0v) is 9.24. The summed E-state index contributed by atoms with van der Waals surface area (Å²) in [5, 5.41) is 0. The second-order valence-corrected chi connectivity index (χ2v) is 4.55. The van der Waals surface area contributed by atoms with Gasteiger partial charge in [0.1, 0.15) is 11.9 Å². The van der Waals surface area contributed by atoms with Crippen LogP contribution in [-0.2, 0) is 0 Å². The molecule has 1 atom stereocenters. The molecule has 1 aliphatic heterocycles. The Morgan fingerprint density at radius 2 is 2.25 bits per heavy atom. The van der Waals surface area contributed by atoms with Crippen molar-refractivity contribution >= 4 is 17.1 Å². The van der Waals surface area contributed by atoms with E-state index in [0.29, 0.717) is 17.7 Å². The topological polar surface area (TPSA) is 39.2 Å². The Hall–Kier alpha value is -1.68. The van der Waals surface area contributed by atoms with Crippen LogP contribution < -0.4 is 4.74 Å². The lowest BCUT2D eigenvalue weighted by Gasteiger charge is -2.23. The minimum Gasteiger partial charge on any atom is -0.484 e. The molecule has 1 aliphatic rings. The summed E-state index contributed by atoms with van der Waals surface area (Å²) in [6.07, 6.45) is 1.99. The number of carbonyl (C=O) groups excluding carboxylic acids is 1. The third kappa shape index (κ3) is 1.51. The van der Waals surface area contributed by atoms with E-state index >= 15 is 0 Å². The van der Waals surface area contributed by atoms with Gasteiger partial charge in [-0.3, -0.25) is 9.78 Å². The molecular formula is C12H9NO2S. The number of ether oxygens (including phenoxy) is 1. The molecule has 1 aromatic heterocycles. The Balaban J connectivity index is 1.98. The van der Waals surface area contributed by atoms with Gasteiger partial charge in [-0.05, 0) is 12.1 Å². The molecule has 0 aliphatic carbocycles. The number of aromatic nitrogens is 1. The molecule has 80 valence electrons. The molecule has 2 heterocycles. The highest BCUT2D eigenvalue weighted by Crippen LogP contribution is 2.35. The van der Waals surface area contributed by atoms with Gasteiger partial charge in [0.15, 0.2) is 5.78 Å². The summed E-state index contributed by atoms with van der Waals surface area (Å²) < 4.78 is 5.80. The van der Waals surface area contributed by atoms with Crippen LogP contribution >= 0.6 is 11.3 Å². The van der Waals surface area contributed by atoms with Gasteiger partial charge in [-0.25, -0.2) is 0 Å². The Kier molecular flexibility index (Phi) is 2.22. The van der Waals surface area contributed by atoms with Gasteiger partial charge in [0.2, 0.25) is 0 Å². The van der Waals surface area contributed by atoms with Crippen molar-refractivity contribution in [3.8, 4) is 5.75 Å². The van der Waals surface area contributed by atoms with Gasteiger partial charge in [-0.15, -0.1) is 11.3 Å². The maximum absolute atomic E-state index is 11.9. The lowest BCUT2D eigenvalue weighted by Crippen LogP contribution is -2.19. The zero-order chi connectivity index (χ0) is 11.0. The van der Waals surface area contributed by atoms with Crippen LogP contribution in [-0.4, -0.2) is 10.8 Å². The van der Waals surface area contributed by atoms with Gasteiger partial charge in [0.25, 0.3) is 0 Å². The SMILES string of the molecule is O=C1CC(c2cncs2)Oc2ccccc21.